The quantitative estimate of drug-likeness (QED) is 0.658. The molecule has 1 heterocycles. The first-order valence-electron chi connectivity index (χ1n) is 8.14. The molecule has 0 atom stereocenters. The van der Waals surface area contributed by atoms with Crippen molar-refractivity contribution in [2.75, 3.05) is 25.9 Å². The van der Waals surface area contributed by atoms with Crippen molar-refractivity contribution in [3.05, 3.63) is 35.9 Å². The van der Waals surface area contributed by atoms with Gasteiger partial charge in [0.05, 0.1) is 12.8 Å². The predicted molar refractivity (Wildman–Crippen MR) is 94.3 cm³/mol. The Labute approximate surface area is 148 Å². The van der Waals surface area contributed by atoms with Gasteiger partial charge in [-0.2, -0.15) is 0 Å². The molecule has 1 aliphatic heterocycles. The Morgan fingerprint density at radius 1 is 1.12 bits per heavy atom. The lowest BCUT2D eigenvalue weighted by molar-refractivity contribution is -0.121. The number of rotatable bonds is 6. The zero-order chi connectivity index (χ0) is 18.3. The van der Waals surface area contributed by atoms with Gasteiger partial charge in [-0.15, -0.1) is 0 Å². The molecule has 1 aromatic rings. The summed E-state index contributed by atoms with van der Waals surface area (Å²) >= 11 is 0. The van der Waals surface area contributed by atoms with Gasteiger partial charge >= 0.3 is 6.03 Å². The minimum absolute atomic E-state index is 0.0697. The van der Waals surface area contributed by atoms with E-state index in [9.17, 15) is 18.0 Å². The predicted octanol–water partition coefficient (Wildman–Crippen LogP) is 0.0260. The summed E-state index contributed by atoms with van der Waals surface area (Å²) in [6, 6.07) is 8.99. The second kappa shape index (κ2) is 8.82. The van der Waals surface area contributed by atoms with Crippen LogP contribution in [0.4, 0.5) is 4.79 Å². The molecule has 138 valence electrons. The molecular formula is C16H24N4O4S. The molecule has 0 bridgehead atoms. The van der Waals surface area contributed by atoms with Crippen molar-refractivity contribution >= 4 is 22.0 Å². The summed E-state index contributed by atoms with van der Waals surface area (Å²) in [6.07, 6.45) is 2.32. The maximum Gasteiger partial charge on any atom is 0.315 e. The van der Waals surface area contributed by atoms with Crippen LogP contribution >= 0.6 is 0 Å². The molecule has 25 heavy (non-hydrogen) atoms. The summed E-state index contributed by atoms with van der Waals surface area (Å²) in [4.78, 5) is 23.6. The minimum Gasteiger partial charge on any atom is -0.352 e. The molecule has 1 aliphatic rings. The third kappa shape index (κ3) is 6.71. The first-order chi connectivity index (χ1) is 11.8. The minimum atomic E-state index is -3.17. The maximum absolute atomic E-state index is 11.9. The van der Waals surface area contributed by atoms with E-state index in [0.717, 1.165) is 5.56 Å². The van der Waals surface area contributed by atoms with Crippen LogP contribution in [0.3, 0.4) is 0 Å². The molecule has 0 unspecified atom stereocenters. The molecule has 0 saturated carbocycles. The first kappa shape index (κ1) is 19.2. The molecule has 1 fully saturated rings. The molecule has 3 amide bonds. The Hall–Kier alpha value is -2.13. The lowest BCUT2D eigenvalue weighted by atomic mass is 10.1. The van der Waals surface area contributed by atoms with E-state index in [1.807, 2.05) is 30.3 Å². The van der Waals surface area contributed by atoms with Crippen LogP contribution < -0.4 is 16.0 Å². The van der Waals surface area contributed by atoms with Gasteiger partial charge in [0.25, 0.3) is 0 Å². The number of sulfonamides is 1. The summed E-state index contributed by atoms with van der Waals surface area (Å²) < 4.78 is 24.3. The molecule has 1 aromatic carbocycles. The third-order valence-electron chi connectivity index (χ3n) is 3.99. The number of nitrogens with zero attached hydrogens (tertiary/aromatic N) is 1. The average molecular weight is 368 g/mol. The lowest BCUT2D eigenvalue weighted by Gasteiger charge is -2.30. The third-order valence-corrected chi connectivity index (χ3v) is 5.30. The van der Waals surface area contributed by atoms with Crippen molar-refractivity contribution in [1.29, 1.82) is 0 Å². The second-order valence-electron chi connectivity index (χ2n) is 6.03. The Morgan fingerprint density at radius 2 is 1.76 bits per heavy atom. The zero-order valence-electron chi connectivity index (χ0n) is 14.2. The monoisotopic (exact) mass is 368 g/mol. The highest BCUT2D eigenvalue weighted by atomic mass is 32.2. The van der Waals surface area contributed by atoms with Crippen LogP contribution in [0.2, 0.25) is 0 Å². The van der Waals surface area contributed by atoms with Crippen molar-refractivity contribution in [3.63, 3.8) is 0 Å². The van der Waals surface area contributed by atoms with Crippen molar-refractivity contribution in [3.8, 4) is 0 Å². The molecule has 0 radical (unpaired) electrons. The van der Waals surface area contributed by atoms with E-state index in [0.29, 0.717) is 32.5 Å². The van der Waals surface area contributed by atoms with Gasteiger partial charge in [-0.25, -0.2) is 17.5 Å². The number of urea groups is 1. The fourth-order valence-corrected chi connectivity index (χ4v) is 3.49. The number of benzene rings is 1. The second-order valence-corrected chi connectivity index (χ2v) is 8.01. The zero-order valence-corrected chi connectivity index (χ0v) is 15.0. The molecule has 0 aromatic heterocycles. The van der Waals surface area contributed by atoms with Gasteiger partial charge in [0.1, 0.15) is 0 Å². The van der Waals surface area contributed by atoms with E-state index in [1.165, 1.54) is 10.6 Å². The van der Waals surface area contributed by atoms with E-state index < -0.39 is 16.1 Å². The van der Waals surface area contributed by atoms with Crippen molar-refractivity contribution in [2.24, 2.45) is 0 Å². The van der Waals surface area contributed by atoms with Gasteiger partial charge in [-0.3, -0.25) is 4.79 Å². The van der Waals surface area contributed by atoms with Gasteiger partial charge in [-0.05, 0) is 18.4 Å². The smallest absolute Gasteiger partial charge is 0.315 e. The highest BCUT2D eigenvalue weighted by molar-refractivity contribution is 7.88. The van der Waals surface area contributed by atoms with Crippen molar-refractivity contribution in [1.82, 2.24) is 20.3 Å². The van der Waals surface area contributed by atoms with Gasteiger partial charge in [0.15, 0.2) is 0 Å². The fourth-order valence-electron chi connectivity index (χ4n) is 2.61. The van der Waals surface area contributed by atoms with Crippen molar-refractivity contribution in [2.45, 2.75) is 25.4 Å². The van der Waals surface area contributed by atoms with Gasteiger partial charge in [0, 0.05) is 25.7 Å². The number of carbonyl (C=O) groups excluding carboxylic acids is 2. The van der Waals surface area contributed by atoms with Gasteiger partial charge in [0.2, 0.25) is 15.9 Å². The van der Waals surface area contributed by atoms with E-state index in [2.05, 4.69) is 16.0 Å². The summed E-state index contributed by atoms with van der Waals surface area (Å²) in [6.45, 7) is 1.06. The SMILES string of the molecule is CS(=O)(=O)N1CCC(NC(=O)CNC(=O)NCc2ccccc2)CC1. The van der Waals surface area contributed by atoms with Crippen LogP contribution in [-0.2, 0) is 21.4 Å². The number of hydrogen-bond acceptors (Lipinski definition) is 4. The maximum atomic E-state index is 11.9. The van der Waals surface area contributed by atoms with Crippen LogP contribution in [0.1, 0.15) is 18.4 Å². The number of carbonyl (C=O) groups is 2. The standard InChI is InChI=1S/C16H24N4O4S/c1-25(23,24)20-9-7-14(8-10-20)19-15(21)12-18-16(22)17-11-13-5-3-2-4-6-13/h2-6,14H,7-12H2,1H3,(H,19,21)(H2,17,18,22). The Morgan fingerprint density at radius 3 is 2.36 bits per heavy atom. The molecule has 1 saturated heterocycles. The highest BCUT2D eigenvalue weighted by Crippen LogP contribution is 2.12. The Balaban J connectivity index is 1.63. The van der Waals surface area contributed by atoms with Crippen LogP contribution in [0, 0.1) is 0 Å². The molecular weight excluding hydrogens is 344 g/mol. The van der Waals surface area contributed by atoms with Crippen molar-refractivity contribution < 1.29 is 18.0 Å². The normalized spacial score (nSPS) is 16.2. The van der Waals surface area contributed by atoms with Crippen LogP contribution in [0.15, 0.2) is 30.3 Å². The van der Waals surface area contributed by atoms with E-state index in [1.54, 1.807) is 0 Å². The Kier molecular flexibility index (Phi) is 6.77. The van der Waals surface area contributed by atoms with E-state index in [4.69, 9.17) is 0 Å². The molecule has 0 spiro atoms. The van der Waals surface area contributed by atoms with Crippen LogP contribution in [0.25, 0.3) is 0 Å². The summed E-state index contributed by atoms with van der Waals surface area (Å²) in [5, 5.41) is 8.00. The largest absolute Gasteiger partial charge is 0.352 e. The summed E-state index contributed by atoms with van der Waals surface area (Å²) in [5.41, 5.74) is 0.972. The van der Waals surface area contributed by atoms with E-state index in [-0.39, 0.29) is 18.5 Å². The molecule has 0 aliphatic carbocycles. The van der Waals surface area contributed by atoms with E-state index >= 15 is 0 Å². The molecule has 3 N–H and O–H groups in total. The Bertz CT molecular complexity index is 685. The fraction of sp³-hybridized carbons (Fsp3) is 0.500. The number of nitrogens with one attached hydrogen (secondary N) is 3. The topological polar surface area (TPSA) is 108 Å². The molecule has 8 nitrogen and oxygen atoms in total. The lowest BCUT2D eigenvalue weighted by Crippen LogP contribution is -2.49. The molecule has 2 rings (SSSR count). The summed E-state index contributed by atoms with van der Waals surface area (Å²) in [5.74, 6) is -0.285. The molecule has 9 heteroatoms. The van der Waals surface area contributed by atoms with Gasteiger partial charge in [-0.1, -0.05) is 30.3 Å². The number of amides is 3. The summed E-state index contributed by atoms with van der Waals surface area (Å²) in [7, 11) is -3.17. The van der Waals surface area contributed by atoms with Crippen LogP contribution in [-0.4, -0.2) is 56.6 Å². The highest BCUT2D eigenvalue weighted by Gasteiger charge is 2.25. The average Bonchev–Trinajstić information content (AvgIpc) is 2.59. The van der Waals surface area contributed by atoms with Gasteiger partial charge < -0.3 is 16.0 Å². The first-order valence-corrected chi connectivity index (χ1v) is 9.99. The number of hydrogen-bond donors (Lipinski definition) is 3. The number of piperidine rings is 1. The van der Waals surface area contributed by atoms with Crippen LogP contribution in [0.5, 0.6) is 0 Å².